The van der Waals surface area contributed by atoms with E-state index < -0.39 is 31.0 Å². The van der Waals surface area contributed by atoms with E-state index in [1.54, 1.807) is 24.5 Å². The van der Waals surface area contributed by atoms with E-state index in [0.29, 0.717) is 25.2 Å². The molecule has 2 aromatic heterocycles. The standard InChI is InChI=1S/C27H34N4O6/c1-30(17-23(33)25(35)26(36)24(34)18-32)27(37)22-11-3-2-8-19(22)14-31(15-20-9-4-6-12-28-20)16-21-10-5-7-13-29-21/h2-13,23-26,32-36H,14-18H2,1H3/t23-,24+,25+,26+/m0/s1. The van der Waals surface area contributed by atoms with Crippen LogP contribution in [0.3, 0.4) is 0 Å². The van der Waals surface area contributed by atoms with Crippen molar-refractivity contribution in [2.24, 2.45) is 0 Å². The van der Waals surface area contributed by atoms with E-state index in [2.05, 4.69) is 14.9 Å². The summed E-state index contributed by atoms with van der Waals surface area (Å²) in [6.45, 7) is 0.419. The summed E-state index contributed by atoms with van der Waals surface area (Å²) in [6.07, 6.45) is -3.20. The average Bonchev–Trinajstić information content (AvgIpc) is 2.92. The Balaban J connectivity index is 1.76. The van der Waals surface area contributed by atoms with Gasteiger partial charge >= 0.3 is 0 Å². The molecular formula is C27H34N4O6. The third-order valence-electron chi connectivity index (χ3n) is 6.00. The molecule has 3 aromatic rings. The Morgan fingerprint density at radius 1 is 0.784 bits per heavy atom. The van der Waals surface area contributed by atoms with E-state index in [1.165, 1.54) is 11.9 Å². The predicted molar refractivity (Wildman–Crippen MR) is 136 cm³/mol. The van der Waals surface area contributed by atoms with E-state index in [1.807, 2.05) is 48.5 Å². The number of aromatic nitrogens is 2. The summed E-state index contributed by atoms with van der Waals surface area (Å²) in [4.78, 5) is 25.5. The van der Waals surface area contributed by atoms with E-state index in [9.17, 15) is 25.2 Å². The summed E-state index contributed by atoms with van der Waals surface area (Å²) in [6, 6.07) is 18.6. The number of rotatable bonds is 13. The molecule has 4 atom stereocenters. The second kappa shape index (κ2) is 13.9. The molecule has 1 amide bonds. The van der Waals surface area contributed by atoms with Gasteiger partial charge in [-0.25, -0.2) is 0 Å². The zero-order valence-corrected chi connectivity index (χ0v) is 20.7. The average molecular weight is 511 g/mol. The molecule has 5 N–H and O–H groups in total. The highest BCUT2D eigenvalue weighted by molar-refractivity contribution is 5.95. The van der Waals surface area contributed by atoms with Crippen LogP contribution in [0.4, 0.5) is 0 Å². The molecule has 0 unspecified atom stereocenters. The number of amides is 1. The highest BCUT2D eigenvalue weighted by atomic mass is 16.4. The minimum atomic E-state index is -1.76. The lowest BCUT2D eigenvalue weighted by Crippen LogP contribution is -2.50. The lowest BCUT2D eigenvalue weighted by atomic mass is 10.0. The van der Waals surface area contributed by atoms with Gasteiger partial charge in [0.15, 0.2) is 0 Å². The fourth-order valence-corrected chi connectivity index (χ4v) is 3.96. The van der Waals surface area contributed by atoms with Gasteiger partial charge in [0.25, 0.3) is 5.91 Å². The first-order chi connectivity index (χ1) is 17.8. The van der Waals surface area contributed by atoms with Crippen LogP contribution in [0.2, 0.25) is 0 Å². The van der Waals surface area contributed by atoms with Crippen molar-refractivity contribution in [1.29, 1.82) is 0 Å². The van der Waals surface area contributed by atoms with Crippen LogP contribution in [-0.2, 0) is 19.6 Å². The van der Waals surface area contributed by atoms with Crippen LogP contribution in [0.25, 0.3) is 0 Å². The van der Waals surface area contributed by atoms with Gasteiger partial charge in [-0.1, -0.05) is 30.3 Å². The van der Waals surface area contributed by atoms with Crippen molar-refractivity contribution in [3.63, 3.8) is 0 Å². The maximum atomic E-state index is 13.3. The zero-order valence-electron chi connectivity index (χ0n) is 20.7. The molecule has 0 saturated heterocycles. The number of aliphatic hydroxyl groups is 5. The van der Waals surface area contributed by atoms with E-state index >= 15 is 0 Å². The van der Waals surface area contributed by atoms with Crippen molar-refractivity contribution >= 4 is 5.91 Å². The largest absolute Gasteiger partial charge is 0.394 e. The third kappa shape index (κ3) is 8.12. The number of hydrogen-bond donors (Lipinski definition) is 5. The molecule has 0 spiro atoms. The van der Waals surface area contributed by atoms with E-state index in [0.717, 1.165) is 17.0 Å². The van der Waals surface area contributed by atoms with Crippen molar-refractivity contribution in [2.45, 2.75) is 44.1 Å². The third-order valence-corrected chi connectivity index (χ3v) is 6.00. The van der Waals surface area contributed by atoms with Gasteiger partial charge in [0.2, 0.25) is 0 Å². The molecule has 0 aliphatic carbocycles. The molecule has 0 bridgehead atoms. The molecule has 3 rings (SSSR count). The SMILES string of the molecule is CN(C[C@H](O)[C@@H](O)[C@H](O)[C@H](O)CO)C(=O)c1ccccc1CN(Cc1ccccn1)Cc1ccccn1. The number of nitrogens with zero attached hydrogens (tertiary/aromatic N) is 4. The minimum absolute atomic E-state index is 0.297. The number of benzene rings is 1. The molecule has 0 saturated carbocycles. The lowest BCUT2D eigenvalue weighted by Gasteiger charge is -2.29. The van der Waals surface area contributed by atoms with Crippen molar-refractivity contribution in [3.05, 3.63) is 95.6 Å². The monoisotopic (exact) mass is 510 g/mol. The molecule has 37 heavy (non-hydrogen) atoms. The molecule has 0 radical (unpaired) electrons. The van der Waals surface area contributed by atoms with Crippen LogP contribution < -0.4 is 0 Å². The summed E-state index contributed by atoms with van der Waals surface area (Å²) in [7, 11) is 1.48. The Kier molecular flexibility index (Phi) is 10.6. The molecule has 0 fully saturated rings. The Morgan fingerprint density at radius 2 is 1.32 bits per heavy atom. The number of carbonyl (C=O) groups is 1. The first kappa shape index (κ1) is 28.3. The van der Waals surface area contributed by atoms with Gasteiger partial charge in [-0.05, 0) is 35.9 Å². The van der Waals surface area contributed by atoms with Crippen LogP contribution in [0.1, 0.15) is 27.3 Å². The predicted octanol–water partition coefficient (Wildman–Crippen LogP) is 0.187. The summed E-state index contributed by atoms with van der Waals surface area (Å²) >= 11 is 0. The number of likely N-dealkylation sites (N-methyl/N-ethyl adjacent to an activating group) is 1. The molecule has 1 aromatic carbocycles. The Hall–Kier alpha value is -3.25. The van der Waals surface area contributed by atoms with E-state index in [4.69, 9.17) is 5.11 Å². The topological polar surface area (TPSA) is 150 Å². The van der Waals surface area contributed by atoms with Crippen LogP contribution in [0.15, 0.2) is 73.1 Å². The summed E-state index contributed by atoms with van der Waals surface area (Å²) < 4.78 is 0. The second-order valence-corrected chi connectivity index (χ2v) is 8.93. The highest BCUT2D eigenvalue weighted by Gasteiger charge is 2.31. The molecule has 0 aliphatic heterocycles. The molecule has 10 nitrogen and oxygen atoms in total. The number of hydrogen-bond acceptors (Lipinski definition) is 9. The van der Waals surface area contributed by atoms with Crippen LogP contribution >= 0.6 is 0 Å². The van der Waals surface area contributed by atoms with Crippen molar-refractivity contribution in [3.8, 4) is 0 Å². The van der Waals surface area contributed by atoms with Crippen LogP contribution in [0.5, 0.6) is 0 Å². The van der Waals surface area contributed by atoms with Crippen molar-refractivity contribution in [1.82, 2.24) is 19.8 Å². The van der Waals surface area contributed by atoms with Crippen molar-refractivity contribution < 1.29 is 30.3 Å². The lowest BCUT2D eigenvalue weighted by molar-refractivity contribution is -0.117. The molecule has 2 heterocycles. The summed E-state index contributed by atoms with van der Waals surface area (Å²) in [5, 5.41) is 48.8. The summed E-state index contributed by atoms with van der Waals surface area (Å²) in [5.74, 6) is -0.380. The van der Waals surface area contributed by atoms with Gasteiger partial charge in [0, 0.05) is 51.2 Å². The van der Waals surface area contributed by atoms with Gasteiger partial charge in [-0.3, -0.25) is 19.7 Å². The second-order valence-electron chi connectivity index (χ2n) is 8.93. The number of pyridine rings is 2. The smallest absolute Gasteiger partial charge is 0.254 e. The maximum absolute atomic E-state index is 13.3. The minimum Gasteiger partial charge on any atom is -0.394 e. The molecule has 198 valence electrons. The Morgan fingerprint density at radius 3 is 1.86 bits per heavy atom. The van der Waals surface area contributed by atoms with Gasteiger partial charge in [-0.15, -0.1) is 0 Å². The van der Waals surface area contributed by atoms with Gasteiger partial charge in [0.1, 0.15) is 24.4 Å². The van der Waals surface area contributed by atoms with Crippen molar-refractivity contribution in [2.75, 3.05) is 20.2 Å². The van der Waals surface area contributed by atoms with E-state index in [-0.39, 0.29) is 12.5 Å². The van der Waals surface area contributed by atoms with Gasteiger partial charge in [0.05, 0.1) is 18.0 Å². The zero-order chi connectivity index (χ0) is 26.8. The van der Waals surface area contributed by atoms with Crippen LogP contribution in [-0.4, -0.2) is 95.8 Å². The fourth-order valence-electron chi connectivity index (χ4n) is 3.96. The molecule has 10 heteroatoms. The Labute approximate surface area is 216 Å². The van der Waals surface area contributed by atoms with Crippen LogP contribution in [0, 0.1) is 0 Å². The van der Waals surface area contributed by atoms with Gasteiger partial charge in [-0.2, -0.15) is 0 Å². The normalized spacial score (nSPS) is 14.7. The molecular weight excluding hydrogens is 476 g/mol. The molecule has 0 aliphatic rings. The number of aliphatic hydroxyl groups excluding tert-OH is 5. The Bertz CT molecular complexity index is 1060. The maximum Gasteiger partial charge on any atom is 0.254 e. The fraction of sp³-hybridized carbons (Fsp3) is 0.370. The summed E-state index contributed by atoms with van der Waals surface area (Å²) in [5.41, 5.74) is 2.94. The quantitative estimate of drug-likeness (QED) is 0.217. The van der Waals surface area contributed by atoms with Gasteiger partial charge < -0.3 is 30.4 Å². The first-order valence-corrected chi connectivity index (χ1v) is 12.0. The first-order valence-electron chi connectivity index (χ1n) is 12.0. The highest BCUT2D eigenvalue weighted by Crippen LogP contribution is 2.18. The number of carbonyl (C=O) groups excluding carboxylic acids is 1.